The van der Waals surface area contributed by atoms with Gasteiger partial charge >= 0.3 is 0 Å². The molecule has 0 aliphatic heterocycles. The first-order chi connectivity index (χ1) is 5.52. The summed E-state index contributed by atoms with van der Waals surface area (Å²) in [7, 11) is 1.48. The number of hydrogen-bond donors (Lipinski definition) is 0. The Hall–Kier alpha value is -0.920. The molecule has 0 aliphatic carbocycles. The normalized spacial score (nSPS) is 9.83. The Bertz CT molecular complexity index is 359. The Morgan fingerprint density at radius 3 is 2.67 bits per heavy atom. The first-order valence-corrected chi connectivity index (χ1v) is 4.11. The van der Waals surface area contributed by atoms with E-state index in [4.69, 9.17) is 0 Å². The maximum atomic E-state index is 11.1. The third-order valence-corrected chi connectivity index (χ3v) is 2.11. The van der Waals surface area contributed by atoms with Crippen molar-refractivity contribution in [1.29, 1.82) is 0 Å². The average Bonchev–Trinajstić information content (AvgIpc) is 1.99. The van der Waals surface area contributed by atoms with Gasteiger partial charge in [-0.3, -0.25) is 14.9 Å². The Kier molecular flexibility index (Phi) is 2.46. The number of hydrogen-bond acceptors (Lipinski definition) is 3. The highest BCUT2D eigenvalue weighted by Gasteiger charge is 2.09. The molecule has 0 amide bonds. The van der Waals surface area contributed by atoms with Crippen LogP contribution in [0, 0.1) is 13.7 Å². The van der Waals surface area contributed by atoms with Crippen LogP contribution >= 0.6 is 22.6 Å². The molecule has 1 heterocycles. The van der Waals surface area contributed by atoms with Gasteiger partial charge in [-0.15, -0.1) is 0 Å². The lowest BCUT2D eigenvalue weighted by Gasteiger charge is -1.97. The van der Waals surface area contributed by atoms with E-state index in [-0.39, 0.29) is 11.2 Å². The lowest BCUT2D eigenvalue weighted by Crippen LogP contribution is -2.18. The number of aromatic nitrogens is 1. The first-order valence-electron chi connectivity index (χ1n) is 3.03. The van der Waals surface area contributed by atoms with Gasteiger partial charge in [-0.05, 0) is 22.6 Å². The van der Waals surface area contributed by atoms with Crippen LogP contribution in [0.4, 0.5) is 5.69 Å². The van der Waals surface area contributed by atoms with Gasteiger partial charge in [0.2, 0.25) is 0 Å². The van der Waals surface area contributed by atoms with Gasteiger partial charge < -0.3 is 4.57 Å². The number of nitrogens with zero attached hydrogens (tertiary/aromatic N) is 2. The molecule has 6 heteroatoms. The molecular weight excluding hydrogens is 275 g/mol. The van der Waals surface area contributed by atoms with Crippen LogP contribution in [-0.2, 0) is 7.05 Å². The largest absolute Gasteiger partial charge is 0.311 e. The molecule has 0 fully saturated rings. The highest BCUT2D eigenvalue weighted by atomic mass is 127. The van der Waals surface area contributed by atoms with Crippen LogP contribution < -0.4 is 5.56 Å². The van der Waals surface area contributed by atoms with Gasteiger partial charge in [0.05, 0.1) is 14.7 Å². The van der Waals surface area contributed by atoms with E-state index in [2.05, 4.69) is 0 Å². The second-order valence-corrected chi connectivity index (χ2v) is 3.38. The van der Waals surface area contributed by atoms with Crippen LogP contribution in [0.15, 0.2) is 17.1 Å². The second kappa shape index (κ2) is 3.21. The highest BCUT2D eigenvalue weighted by molar-refractivity contribution is 14.1. The van der Waals surface area contributed by atoms with Crippen LogP contribution in [0.2, 0.25) is 0 Å². The summed E-state index contributed by atoms with van der Waals surface area (Å²) in [5.41, 5.74) is -0.289. The van der Waals surface area contributed by atoms with E-state index in [0.717, 1.165) is 0 Å². The number of rotatable bonds is 1. The van der Waals surface area contributed by atoms with Crippen LogP contribution in [0.25, 0.3) is 0 Å². The predicted octanol–water partition coefficient (Wildman–Crippen LogP) is 0.898. The molecule has 1 aromatic heterocycles. The fourth-order valence-electron chi connectivity index (χ4n) is 0.754. The molecule has 0 spiro atoms. The maximum Gasteiger partial charge on any atom is 0.286 e. The van der Waals surface area contributed by atoms with E-state index in [1.54, 1.807) is 22.6 Å². The van der Waals surface area contributed by atoms with Gasteiger partial charge in [-0.1, -0.05) is 0 Å². The van der Waals surface area contributed by atoms with Crippen LogP contribution in [-0.4, -0.2) is 9.49 Å². The summed E-state index contributed by atoms with van der Waals surface area (Å²) in [6, 6.07) is 1.25. The predicted molar refractivity (Wildman–Crippen MR) is 51.1 cm³/mol. The monoisotopic (exact) mass is 280 g/mol. The van der Waals surface area contributed by atoms with Crippen molar-refractivity contribution in [2.45, 2.75) is 0 Å². The van der Waals surface area contributed by atoms with E-state index in [1.165, 1.54) is 23.9 Å². The minimum atomic E-state index is -0.526. The zero-order valence-electron chi connectivity index (χ0n) is 6.15. The smallest absolute Gasteiger partial charge is 0.286 e. The maximum absolute atomic E-state index is 11.1. The second-order valence-electron chi connectivity index (χ2n) is 2.22. The molecule has 0 aliphatic rings. The zero-order chi connectivity index (χ0) is 9.30. The summed E-state index contributed by atoms with van der Waals surface area (Å²) in [5, 5.41) is 10.3. The molecule has 1 rings (SSSR count). The summed E-state index contributed by atoms with van der Waals surface area (Å²) in [6.45, 7) is 0. The van der Waals surface area contributed by atoms with E-state index < -0.39 is 4.92 Å². The van der Waals surface area contributed by atoms with E-state index in [9.17, 15) is 14.9 Å². The molecule has 1 aromatic rings. The van der Waals surface area contributed by atoms with E-state index in [0.29, 0.717) is 3.57 Å². The molecule has 0 N–H and O–H groups in total. The molecule has 0 aromatic carbocycles. The number of aryl methyl sites for hydroxylation is 1. The van der Waals surface area contributed by atoms with Crippen molar-refractivity contribution in [2.75, 3.05) is 0 Å². The summed E-state index contributed by atoms with van der Waals surface area (Å²) in [4.78, 5) is 20.9. The average molecular weight is 280 g/mol. The fraction of sp³-hybridized carbons (Fsp3) is 0.167. The molecule has 0 saturated heterocycles. The highest BCUT2D eigenvalue weighted by Crippen LogP contribution is 2.10. The Labute approximate surface area is 81.3 Å². The SMILES string of the molecule is Cn1cc([N+](=O)[O-])cc(I)c1=O. The number of pyridine rings is 1. The summed E-state index contributed by atoms with van der Waals surface area (Å²) in [5.74, 6) is 0. The van der Waals surface area contributed by atoms with Gasteiger partial charge in [-0.2, -0.15) is 0 Å². The Morgan fingerprint density at radius 2 is 2.25 bits per heavy atom. The standard InChI is InChI=1S/C6H5IN2O3/c1-8-3-4(9(11)12)2-5(7)6(8)10/h2-3H,1H3. The quantitative estimate of drug-likeness (QED) is 0.436. The van der Waals surface area contributed by atoms with Gasteiger partial charge in [0.25, 0.3) is 11.2 Å². The third-order valence-electron chi connectivity index (χ3n) is 1.34. The van der Waals surface area contributed by atoms with Crippen molar-refractivity contribution < 1.29 is 4.92 Å². The van der Waals surface area contributed by atoms with Crippen LogP contribution in [0.3, 0.4) is 0 Å². The first kappa shape index (κ1) is 9.17. The topological polar surface area (TPSA) is 65.1 Å². The van der Waals surface area contributed by atoms with Crippen LogP contribution in [0.1, 0.15) is 0 Å². The van der Waals surface area contributed by atoms with Crippen molar-refractivity contribution in [3.8, 4) is 0 Å². The lowest BCUT2D eigenvalue weighted by atomic mass is 10.4. The summed E-state index contributed by atoms with van der Waals surface area (Å²) >= 11 is 1.77. The van der Waals surface area contributed by atoms with Crippen LogP contribution in [0.5, 0.6) is 0 Å². The molecule has 0 saturated carbocycles. The van der Waals surface area contributed by atoms with Crippen molar-refractivity contribution in [1.82, 2.24) is 4.57 Å². The van der Waals surface area contributed by atoms with Crippen molar-refractivity contribution in [2.24, 2.45) is 7.05 Å². The van der Waals surface area contributed by atoms with Crippen molar-refractivity contribution in [3.05, 3.63) is 36.3 Å². The van der Waals surface area contributed by atoms with Crippen molar-refractivity contribution in [3.63, 3.8) is 0 Å². The Morgan fingerprint density at radius 1 is 1.67 bits per heavy atom. The number of halogens is 1. The van der Waals surface area contributed by atoms with Gasteiger partial charge in [-0.25, -0.2) is 0 Å². The zero-order valence-corrected chi connectivity index (χ0v) is 8.31. The molecule has 0 unspecified atom stereocenters. The molecule has 12 heavy (non-hydrogen) atoms. The molecule has 0 bridgehead atoms. The molecule has 0 radical (unpaired) electrons. The van der Waals surface area contributed by atoms with E-state index >= 15 is 0 Å². The molecular formula is C6H5IN2O3. The minimum absolute atomic E-state index is 0.0681. The lowest BCUT2D eigenvalue weighted by molar-refractivity contribution is -0.385. The van der Waals surface area contributed by atoms with Gasteiger partial charge in [0, 0.05) is 13.1 Å². The van der Waals surface area contributed by atoms with E-state index in [1.807, 2.05) is 0 Å². The van der Waals surface area contributed by atoms with Gasteiger partial charge in [0.15, 0.2) is 0 Å². The number of nitro groups is 1. The molecule has 0 atom stereocenters. The summed E-state index contributed by atoms with van der Waals surface area (Å²) in [6.07, 6.45) is 1.20. The van der Waals surface area contributed by atoms with Gasteiger partial charge in [0.1, 0.15) is 0 Å². The minimum Gasteiger partial charge on any atom is -0.311 e. The van der Waals surface area contributed by atoms with Crippen molar-refractivity contribution >= 4 is 28.3 Å². The molecule has 5 nitrogen and oxygen atoms in total. The fourth-order valence-corrected chi connectivity index (χ4v) is 1.45. The third kappa shape index (κ3) is 1.63. The molecule has 64 valence electrons. The summed E-state index contributed by atoms with van der Waals surface area (Å²) < 4.78 is 1.55. The Balaban J connectivity index is 3.41.